The normalized spacial score (nSPS) is 11.4. The lowest BCUT2D eigenvalue weighted by Crippen LogP contribution is -2.32. The fraction of sp³-hybridized carbons (Fsp3) is 0.273. The molecule has 2 rings (SSSR count). The van der Waals surface area contributed by atoms with Crippen molar-refractivity contribution in [3.63, 3.8) is 0 Å². The van der Waals surface area contributed by atoms with Gasteiger partial charge in [-0.15, -0.1) is 6.58 Å². The van der Waals surface area contributed by atoms with E-state index in [1.165, 1.54) is 0 Å². The number of carbonyl (C=O) groups is 2. The SMILES string of the molecule is C=CCNC(=O)c1ccccc1NC(=O)[C@@H](C)Oc1cc(C)cc(C)c1C. The molecular weight excluding hydrogens is 340 g/mol. The summed E-state index contributed by atoms with van der Waals surface area (Å²) in [5, 5.41) is 5.50. The van der Waals surface area contributed by atoms with E-state index in [2.05, 4.69) is 23.3 Å². The van der Waals surface area contributed by atoms with E-state index < -0.39 is 6.10 Å². The first-order valence-electron chi connectivity index (χ1n) is 8.87. The number of benzene rings is 2. The number of hydrogen-bond donors (Lipinski definition) is 2. The molecule has 2 N–H and O–H groups in total. The van der Waals surface area contributed by atoms with Gasteiger partial charge in [0.25, 0.3) is 11.8 Å². The Hall–Kier alpha value is -3.08. The minimum Gasteiger partial charge on any atom is -0.481 e. The van der Waals surface area contributed by atoms with Crippen LogP contribution in [0.3, 0.4) is 0 Å². The van der Waals surface area contributed by atoms with Crippen molar-refractivity contribution in [3.8, 4) is 5.75 Å². The third-order valence-corrected chi connectivity index (χ3v) is 4.27. The third-order valence-electron chi connectivity index (χ3n) is 4.27. The average molecular weight is 366 g/mol. The molecule has 0 bridgehead atoms. The Morgan fingerprint density at radius 1 is 1.19 bits per heavy atom. The van der Waals surface area contributed by atoms with E-state index in [0.29, 0.717) is 23.5 Å². The first kappa shape index (κ1) is 20.2. The van der Waals surface area contributed by atoms with Crippen LogP contribution >= 0.6 is 0 Å². The molecule has 0 unspecified atom stereocenters. The van der Waals surface area contributed by atoms with E-state index >= 15 is 0 Å². The van der Waals surface area contributed by atoms with Crippen LogP contribution in [0.25, 0.3) is 0 Å². The highest BCUT2D eigenvalue weighted by molar-refractivity contribution is 6.04. The van der Waals surface area contributed by atoms with Crippen LogP contribution < -0.4 is 15.4 Å². The first-order valence-corrected chi connectivity index (χ1v) is 8.87. The molecule has 0 aliphatic carbocycles. The second kappa shape index (κ2) is 9.03. The molecule has 27 heavy (non-hydrogen) atoms. The number of aryl methyl sites for hydroxylation is 2. The number of ether oxygens (including phenoxy) is 1. The molecule has 0 saturated carbocycles. The van der Waals surface area contributed by atoms with E-state index in [4.69, 9.17) is 4.74 Å². The number of para-hydroxylation sites is 1. The van der Waals surface area contributed by atoms with Crippen molar-refractivity contribution >= 4 is 17.5 Å². The standard InChI is InChI=1S/C22H26N2O3/c1-6-11-23-22(26)18-9-7-8-10-19(18)24-21(25)17(5)27-20-13-14(2)12-15(3)16(20)4/h6-10,12-13,17H,1,11H2,2-5H3,(H,23,26)(H,24,25)/t17-/m1/s1. The van der Waals surface area contributed by atoms with Gasteiger partial charge < -0.3 is 15.4 Å². The van der Waals surface area contributed by atoms with Crippen molar-refractivity contribution in [2.45, 2.75) is 33.8 Å². The molecule has 0 radical (unpaired) electrons. The quantitative estimate of drug-likeness (QED) is 0.730. The molecule has 0 fully saturated rings. The highest BCUT2D eigenvalue weighted by atomic mass is 16.5. The maximum atomic E-state index is 12.6. The molecule has 5 nitrogen and oxygen atoms in total. The summed E-state index contributed by atoms with van der Waals surface area (Å²) in [7, 11) is 0. The van der Waals surface area contributed by atoms with Gasteiger partial charge in [0.2, 0.25) is 0 Å². The van der Waals surface area contributed by atoms with Crippen molar-refractivity contribution in [2.75, 3.05) is 11.9 Å². The molecule has 0 aliphatic rings. The van der Waals surface area contributed by atoms with Gasteiger partial charge in [-0.2, -0.15) is 0 Å². The second-order valence-corrected chi connectivity index (χ2v) is 6.50. The number of anilines is 1. The fourth-order valence-corrected chi connectivity index (χ4v) is 2.65. The van der Waals surface area contributed by atoms with Gasteiger partial charge in [-0.1, -0.05) is 24.3 Å². The predicted octanol–water partition coefficient (Wildman–Crippen LogP) is 3.93. The summed E-state index contributed by atoms with van der Waals surface area (Å²) in [6.45, 7) is 11.6. The van der Waals surface area contributed by atoms with Crippen LogP contribution in [-0.4, -0.2) is 24.5 Å². The van der Waals surface area contributed by atoms with Crippen LogP contribution in [-0.2, 0) is 4.79 Å². The molecule has 0 aromatic heterocycles. The summed E-state index contributed by atoms with van der Waals surface area (Å²) in [6.07, 6.45) is 0.885. The minimum atomic E-state index is -0.714. The van der Waals surface area contributed by atoms with Gasteiger partial charge in [-0.25, -0.2) is 0 Å². The van der Waals surface area contributed by atoms with Gasteiger partial charge in [0.15, 0.2) is 6.10 Å². The molecule has 142 valence electrons. The van der Waals surface area contributed by atoms with Crippen LogP contribution in [0.4, 0.5) is 5.69 Å². The van der Waals surface area contributed by atoms with Gasteiger partial charge >= 0.3 is 0 Å². The summed E-state index contributed by atoms with van der Waals surface area (Å²) >= 11 is 0. The molecule has 2 aromatic rings. The van der Waals surface area contributed by atoms with Gasteiger partial charge in [0.05, 0.1) is 11.3 Å². The fourth-order valence-electron chi connectivity index (χ4n) is 2.65. The molecule has 0 aliphatic heterocycles. The summed E-state index contributed by atoms with van der Waals surface area (Å²) in [5.74, 6) is 0.0919. The van der Waals surface area contributed by atoms with Gasteiger partial charge in [0.1, 0.15) is 5.75 Å². The summed E-state index contributed by atoms with van der Waals surface area (Å²) in [5.41, 5.74) is 4.02. The van der Waals surface area contributed by atoms with Crippen LogP contribution in [0.2, 0.25) is 0 Å². The van der Waals surface area contributed by atoms with E-state index in [-0.39, 0.29) is 11.8 Å². The highest BCUT2D eigenvalue weighted by Gasteiger charge is 2.19. The molecule has 2 aromatic carbocycles. The van der Waals surface area contributed by atoms with Crippen molar-refractivity contribution in [1.82, 2.24) is 5.32 Å². The predicted molar refractivity (Wildman–Crippen MR) is 108 cm³/mol. The Bertz CT molecular complexity index is 859. The average Bonchev–Trinajstić information content (AvgIpc) is 2.64. The molecule has 5 heteroatoms. The van der Waals surface area contributed by atoms with Crippen LogP contribution in [0.15, 0.2) is 49.1 Å². The van der Waals surface area contributed by atoms with E-state index in [1.54, 1.807) is 37.3 Å². The Labute approximate surface area is 160 Å². The maximum absolute atomic E-state index is 12.6. The maximum Gasteiger partial charge on any atom is 0.265 e. The van der Waals surface area contributed by atoms with Crippen molar-refractivity contribution in [1.29, 1.82) is 0 Å². The van der Waals surface area contributed by atoms with Gasteiger partial charge in [0, 0.05) is 6.54 Å². The van der Waals surface area contributed by atoms with Gasteiger partial charge in [-0.3, -0.25) is 9.59 Å². The molecular formula is C22H26N2O3. The highest BCUT2D eigenvalue weighted by Crippen LogP contribution is 2.25. The topological polar surface area (TPSA) is 67.4 Å². The van der Waals surface area contributed by atoms with Crippen molar-refractivity contribution in [2.24, 2.45) is 0 Å². The van der Waals surface area contributed by atoms with Crippen LogP contribution in [0.5, 0.6) is 5.75 Å². The summed E-state index contributed by atoms with van der Waals surface area (Å²) < 4.78 is 5.88. The Balaban J connectivity index is 2.13. The monoisotopic (exact) mass is 366 g/mol. The van der Waals surface area contributed by atoms with Crippen molar-refractivity contribution < 1.29 is 14.3 Å². The summed E-state index contributed by atoms with van der Waals surface area (Å²) in [4.78, 5) is 24.8. The Morgan fingerprint density at radius 3 is 2.59 bits per heavy atom. The number of amides is 2. The van der Waals surface area contributed by atoms with Crippen LogP contribution in [0.1, 0.15) is 34.0 Å². The smallest absolute Gasteiger partial charge is 0.265 e. The molecule has 0 saturated heterocycles. The van der Waals surface area contributed by atoms with Crippen LogP contribution in [0, 0.1) is 20.8 Å². The first-order chi connectivity index (χ1) is 12.8. The van der Waals surface area contributed by atoms with E-state index in [1.807, 2.05) is 26.8 Å². The summed E-state index contributed by atoms with van der Waals surface area (Å²) in [6, 6.07) is 10.9. The third kappa shape index (κ3) is 5.20. The zero-order valence-electron chi connectivity index (χ0n) is 16.3. The molecule has 1 atom stereocenters. The lowest BCUT2D eigenvalue weighted by atomic mass is 10.1. The number of nitrogens with one attached hydrogen (secondary N) is 2. The number of rotatable bonds is 7. The zero-order chi connectivity index (χ0) is 20.0. The lowest BCUT2D eigenvalue weighted by molar-refractivity contribution is -0.122. The zero-order valence-corrected chi connectivity index (χ0v) is 16.3. The largest absolute Gasteiger partial charge is 0.481 e. The van der Waals surface area contributed by atoms with E-state index in [0.717, 1.165) is 16.7 Å². The Kier molecular flexibility index (Phi) is 6.77. The van der Waals surface area contributed by atoms with E-state index in [9.17, 15) is 9.59 Å². The minimum absolute atomic E-state index is 0.274. The molecule has 0 spiro atoms. The number of carbonyl (C=O) groups excluding carboxylic acids is 2. The van der Waals surface area contributed by atoms with Crippen molar-refractivity contribution in [3.05, 3.63) is 71.3 Å². The van der Waals surface area contributed by atoms with Gasteiger partial charge in [-0.05, 0) is 62.6 Å². The molecule has 2 amide bonds. The second-order valence-electron chi connectivity index (χ2n) is 6.50. The number of hydrogen-bond acceptors (Lipinski definition) is 3. The Morgan fingerprint density at radius 2 is 1.89 bits per heavy atom. The molecule has 0 heterocycles. The lowest BCUT2D eigenvalue weighted by Gasteiger charge is -2.18.